The fourth-order valence-corrected chi connectivity index (χ4v) is 4.94. The number of carbonyl (C=O) groups is 1. The van der Waals surface area contributed by atoms with E-state index in [4.69, 9.17) is 4.74 Å². The maximum atomic E-state index is 12.7. The smallest absolute Gasteiger partial charge is 0.163 e. The lowest BCUT2D eigenvalue weighted by Crippen LogP contribution is -2.19. The van der Waals surface area contributed by atoms with Crippen molar-refractivity contribution in [2.24, 2.45) is 0 Å². The first-order chi connectivity index (χ1) is 16.7. The fraction of sp³-hybridized carbons (Fsp3) is 0.267. The Labute approximate surface area is 201 Å². The van der Waals surface area contributed by atoms with Crippen molar-refractivity contribution in [1.82, 2.24) is 9.55 Å². The van der Waals surface area contributed by atoms with Crippen molar-refractivity contribution in [3.63, 3.8) is 0 Å². The molecule has 4 heteroatoms. The van der Waals surface area contributed by atoms with E-state index in [9.17, 15) is 4.79 Å². The van der Waals surface area contributed by atoms with Crippen LogP contribution in [0.15, 0.2) is 91.5 Å². The van der Waals surface area contributed by atoms with E-state index in [1.165, 1.54) is 16.7 Å². The zero-order valence-electron chi connectivity index (χ0n) is 19.6. The van der Waals surface area contributed by atoms with Crippen molar-refractivity contribution in [1.29, 1.82) is 0 Å². The van der Waals surface area contributed by atoms with E-state index in [1.807, 2.05) is 53.5 Å². The van der Waals surface area contributed by atoms with Crippen LogP contribution in [-0.2, 0) is 19.4 Å². The molecule has 0 bridgehead atoms. The van der Waals surface area contributed by atoms with Crippen molar-refractivity contribution in [3.8, 4) is 5.75 Å². The molecule has 4 nitrogen and oxygen atoms in total. The Hall–Kier alpha value is -3.66. The van der Waals surface area contributed by atoms with E-state index >= 15 is 0 Å². The Morgan fingerprint density at radius 1 is 0.941 bits per heavy atom. The van der Waals surface area contributed by atoms with Gasteiger partial charge in [0, 0.05) is 24.4 Å². The summed E-state index contributed by atoms with van der Waals surface area (Å²) in [4.78, 5) is 16.9. The predicted octanol–water partition coefficient (Wildman–Crippen LogP) is 6.57. The number of aromatic nitrogens is 2. The third-order valence-corrected chi connectivity index (χ3v) is 6.77. The monoisotopic (exact) mass is 450 g/mol. The van der Waals surface area contributed by atoms with Crippen LogP contribution in [0.3, 0.4) is 0 Å². The van der Waals surface area contributed by atoms with Gasteiger partial charge >= 0.3 is 0 Å². The van der Waals surface area contributed by atoms with Crippen LogP contribution in [0.4, 0.5) is 0 Å². The van der Waals surface area contributed by atoms with Crippen LogP contribution in [0.1, 0.15) is 64.4 Å². The van der Waals surface area contributed by atoms with Gasteiger partial charge in [0.15, 0.2) is 5.78 Å². The molecule has 0 saturated carbocycles. The van der Waals surface area contributed by atoms with Crippen molar-refractivity contribution in [3.05, 3.63) is 119 Å². The Morgan fingerprint density at radius 3 is 2.38 bits per heavy atom. The van der Waals surface area contributed by atoms with Gasteiger partial charge in [-0.3, -0.25) is 4.79 Å². The summed E-state index contributed by atoms with van der Waals surface area (Å²) in [6.07, 6.45) is 8.70. The molecule has 1 aliphatic carbocycles. The minimum atomic E-state index is -0.168. The first-order valence-corrected chi connectivity index (χ1v) is 12.1. The minimum Gasteiger partial charge on any atom is -0.484 e. The van der Waals surface area contributed by atoms with E-state index in [1.54, 1.807) is 6.20 Å². The van der Waals surface area contributed by atoms with Crippen LogP contribution in [-0.4, -0.2) is 15.3 Å². The van der Waals surface area contributed by atoms with Gasteiger partial charge in [-0.15, -0.1) is 0 Å². The normalized spacial score (nSPS) is 14.9. The molecule has 3 aromatic carbocycles. The lowest BCUT2D eigenvalue weighted by molar-refractivity contribution is 0.0972. The van der Waals surface area contributed by atoms with Crippen molar-refractivity contribution in [2.75, 3.05) is 0 Å². The molecule has 34 heavy (non-hydrogen) atoms. The molecule has 172 valence electrons. The van der Waals surface area contributed by atoms with Gasteiger partial charge in [0.25, 0.3) is 0 Å². The van der Waals surface area contributed by atoms with Gasteiger partial charge < -0.3 is 9.30 Å². The molecule has 2 atom stereocenters. The Morgan fingerprint density at radius 2 is 1.68 bits per heavy atom. The number of nitrogens with zero attached hydrogens (tertiary/aromatic N) is 2. The Bertz CT molecular complexity index is 1230. The molecule has 1 aromatic heterocycles. The van der Waals surface area contributed by atoms with Gasteiger partial charge in [-0.05, 0) is 59.6 Å². The number of ketones is 1. The average Bonchev–Trinajstić information content (AvgIpc) is 3.39. The average molecular weight is 451 g/mol. The van der Waals surface area contributed by atoms with Crippen LogP contribution < -0.4 is 4.74 Å². The second-order valence-electron chi connectivity index (χ2n) is 9.14. The van der Waals surface area contributed by atoms with E-state index in [-0.39, 0.29) is 11.9 Å². The van der Waals surface area contributed by atoms with Crippen molar-refractivity contribution in [2.45, 2.75) is 51.2 Å². The van der Waals surface area contributed by atoms with Crippen LogP contribution in [0.25, 0.3) is 0 Å². The van der Waals surface area contributed by atoms with Gasteiger partial charge in [-0.2, -0.15) is 0 Å². The fourth-order valence-electron chi connectivity index (χ4n) is 4.94. The molecular weight excluding hydrogens is 420 g/mol. The third-order valence-electron chi connectivity index (χ3n) is 6.77. The van der Waals surface area contributed by atoms with Crippen LogP contribution in [0.5, 0.6) is 5.75 Å². The summed E-state index contributed by atoms with van der Waals surface area (Å²) in [6.45, 7) is 2.91. The summed E-state index contributed by atoms with van der Waals surface area (Å²) in [5.74, 6) is 1.44. The molecule has 0 radical (unpaired) electrons. The maximum Gasteiger partial charge on any atom is 0.163 e. The topological polar surface area (TPSA) is 44.1 Å². The standard InChI is InChI=1S/C30H30N2O2/c1-22(23-9-4-2-5-10-23)19-27-25-13-8-14-28(33)26(25)15-16-29(27)34-30(20-32-18-17-31-21-32)24-11-6-3-7-12-24/h2-7,9-12,15-18,21-22,30H,8,13-14,19-20H2,1H3. The molecule has 0 aliphatic heterocycles. The molecule has 0 amide bonds. The summed E-state index contributed by atoms with van der Waals surface area (Å²) in [5.41, 5.74) is 5.64. The molecule has 2 unspecified atom stereocenters. The number of fused-ring (bicyclic) bond motifs is 1. The SMILES string of the molecule is CC(Cc1c(OC(Cn2ccnc2)c2ccccc2)ccc2c1CCCC2=O)c1ccccc1. The number of ether oxygens (including phenoxy) is 1. The summed E-state index contributed by atoms with van der Waals surface area (Å²) >= 11 is 0. The first kappa shape index (κ1) is 22.1. The number of Topliss-reactive ketones (excluding diaryl/α,β-unsaturated/α-hetero) is 1. The molecule has 0 saturated heterocycles. The Kier molecular flexibility index (Phi) is 6.57. The highest BCUT2D eigenvalue weighted by Gasteiger charge is 2.25. The highest BCUT2D eigenvalue weighted by Crippen LogP contribution is 2.37. The first-order valence-electron chi connectivity index (χ1n) is 12.1. The van der Waals surface area contributed by atoms with Crippen molar-refractivity contribution < 1.29 is 9.53 Å². The quantitative estimate of drug-likeness (QED) is 0.305. The summed E-state index contributed by atoms with van der Waals surface area (Å²) in [7, 11) is 0. The molecular formula is C30H30N2O2. The molecule has 1 heterocycles. The second kappa shape index (κ2) is 10.1. The van der Waals surface area contributed by atoms with E-state index < -0.39 is 0 Å². The van der Waals surface area contributed by atoms with Gasteiger partial charge in [-0.1, -0.05) is 67.6 Å². The minimum absolute atomic E-state index is 0.168. The molecule has 5 rings (SSSR count). The molecule has 1 aliphatic rings. The van der Waals surface area contributed by atoms with Gasteiger partial charge in [-0.25, -0.2) is 4.98 Å². The second-order valence-corrected chi connectivity index (χ2v) is 9.14. The summed E-state index contributed by atoms with van der Waals surface area (Å²) in [6, 6.07) is 24.9. The highest BCUT2D eigenvalue weighted by atomic mass is 16.5. The third kappa shape index (κ3) is 4.81. The van der Waals surface area contributed by atoms with Crippen LogP contribution >= 0.6 is 0 Å². The number of imidazole rings is 1. The number of rotatable bonds is 8. The lowest BCUT2D eigenvalue weighted by Gasteiger charge is -2.27. The number of hydrogen-bond acceptors (Lipinski definition) is 3. The van der Waals surface area contributed by atoms with Gasteiger partial charge in [0.1, 0.15) is 11.9 Å². The molecule has 0 N–H and O–H groups in total. The number of benzene rings is 3. The van der Waals surface area contributed by atoms with Crippen LogP contribution in [0.2, 0.25) is 0 Å². The van der Waals surface area contributed by atoms with E-state index in [2.05, 4.69) is 48.3 Å². The maximum absolute atomic E-state index is 12.7. The highest BCUT2D eigenvalue weighted by molar-refractivity contribution is 5.99. The zero-order chi connectivity index (χ0) is 23.3. The molecule has 0 fully saturated rings. The zero-order valence-corrected chi connectivity index (χ0v) is 19.6. The predicted molar refractivity (Wildman–Crippen MR) is 134 cm³/mol. The number of hydrogen-bond donors (Lipinski definition) is 0. The Balaban J connectivity index is 1.53. The number of carbonyl (C=O) groups excluding carboxylic acids is 1. The summed E-state index contributed by atoms with van der Waals surface area (Å²) in [5, 5.41) is 0. The van der Waals surface area contributed by atoms with Gasteiger partial charge in [0.05, 0.1) is 12.9 Å². The van der Waals surface area contributed by atoms with E-state index in [0.717, 1.165) is 36.1 Å². The van der Waals surface area contributed by atoms with Crippen LogP contribution in [0, 0.1) is 0 Å². The molecule has 0 spiro atoms. The van der Waals surface area contributed by atoms with E-state index in [0.29, 0.717) is 18.9 Å². The molecule has 4 aromatic rings. The largest absolute Gasteiger partial charge is 0.484 e. The summed E-state index contributed by atoms with van der Waals surface area (Å²) < 4.78 is 8.83. The lowest BCUT2D eigenvalue weighted by atomic mass is 9.83. The van der Waals surface area contributed by atoms with Gasteiger partial charge in [0.2, 0.25) is 0 Å². The van der Waals surface area contributed by atoms with Crippen molar-refractivity contribution >= 4 is 5.78 Å².